The molecular formula is C16H26ClFN2O2. The third-order valence-corrected chi connectivity index (χ3v) is 4.14. The largest absolute Gasteiger partial charge is 0.494 e. The highest BCUT2D eigenvalue weighted by Crippen LogP contribution is 2.25. The Bertz CT molecular complexity index is 471. The van der Waals surface area contributed by atoms with Crippen LogP contribution in [-0.4, -0.2) is 26.1 Å². The van der Waals surface area contributed by atoms with Gasteiger partial charge in [0, 0.05) is 13.1 Å². The van der Waals surface area contributed by atoms with Crippen molar-refractivity contribution in [3.63, 3.8) is 0 Å². The first-order valence-electron chi connectivity index (χ1n) is 7.33. The van der Waals surface area contributed by atoms with Gasteiger partial charge in [0.05, 0.1) is 12.5 Å². The molecule has 0 unspecified atom stereocenters. The lowest BCUT2D eigenvalue weighted by atomic mass is 9.81. The van der Waals surface area contributed by atoms with E-state index in [1.54, 1.807) is 12.1 Å². The van der Waals surface area contributed by atoms with Crippen LogP contribution in [0.4, 0.5) is 4.39 Å². The molecule has 0 fully saturated rings. The molecular weight excluding hydrogens is 307 g/mol. The number of carbonyl (C=O) groups is 1. The second kappa shape index (κ2) is 9.64. The van der Waals surface area contributed by atoms with Crippen molar-refractivity contribution in [2.24, 2.45) is 11.1 Å². The molecule has 3 N–H and O–H groups in total. The number of hydrogen-bond donors (Lipinski definition) is 2. The Morgan fingerprint density at radius 2 is 2.00 bits per heavy atom. The Balaban J connectivity index is 0.00000441. The van der Waals surface area contributed by atoms with Gasteiger partial charge in [-0.1, -0.05) is 19.9 Å². The van der Waals surface area contributed by atoms with E-state index in [4.69, 9.17) is 10.5 Å². The monoisotopic (exact) mass is 332 g/mol. The van der Waals surface area contributed by atoms with Gasteiger partial charge < -0.3 is 15.8 Å². The Hall–Kier alpha value is -1.33. The summed E-state index contributed by atoms with van der Waals surface area (Å²) in [6.45, 7) is 4.74. The number of benzene rings is 1. The fourth-order valence-electron chi connectivity index (χ4n) is 2.33. The third-order valence-electron chi connectivity index (χ3n) is 4.14. The van der Waals surface area contributed by atoms with Crippen LogP contribution in [0.3, 0.4) is 0 Å². The molecule has 0 aliphatic rings. The molecule has 1 aromatic rings. The molecule has 6 heteroatoms. The van der Waals surface area contributed by atoms with E-state index in [1.807, 2.05) is 13.8 Å². The number of ether oxygens (including phenoxy) is 1. The Morgan fingerprint density at radius 1 is 1.36 bits per heavy atom. The second-order valence-electron chi connectivity index (χ2n) is 5.17. The molecule has 0 saturated heterocycles. The zero-order valence-electron chi connectivity index (χ0n) is 13.4. The number of halogens is 2. The van der Waals surface area contributed by atoms with E-state index in [0.29, 0.717) is 32.4 Å². The van der Waals surface area contributed by atoms with Crippen molar-refractivity contribution in [1.29, 1.82) is 0 Å². The van der Waals surface area contributed by atoms with Crippen LogP contribution in [0.25, 0.3) is 0 Å². The molecule has 1 amide bonds. The van der Waals surface area contributed by atoms with Crippen molar-refractivity contribution in [1.82, 2.24) is 5.32 Å². The molecule has 0 aliphatic carbocycles. The first kappa shape index (κ1) is 20.7. The first-order valence-corrected chi connectivity index (χ1v) is 7.33. The predicted octanol–water partition coefficient (Wildman–Crippen LogP) is 2.68. The smallest absolute Gasteiger partial charge is 0.227 e. The number of hydrogen-bond acceptors (Lipinski definition) is 3. The molecule has 0 spiro atoms. The van der Waals surface area contributed by atoms with Crippen molar-refractivity contribution in [3.8, 4) is 5.75 Å². The lowest BCUT2D eigenvalue weighted by Gasteiger charge is -2.28. The summed E-state index contributed by atoms with van der Waals surface area (Å²) in [4.78, 5) is 12.2. The molecule has 0 radical (unpaired) electrons. The predicted molar refractivity (Wildman–Crippen MR) is 89.0 cm³/mol. The van der Waals surface area contributed by atoms with Crippen molar-refractivity contribution in [3.05, 3.63) is 29.6 Å². The van der Waals surface area contributed by atoms with Crippen LogP contribution in [0.2, 0.25) is 0 Å². The van der Waals surface area contributed by atoms with Crippen LogP contribution in [0.1, 0.15) is 32.3 Å². The highest BCUT2D eigenvalue weighted by Gasteiger charge is 2.32. The summed E-state index contributed by atoms with van der Waals surface area (Å²) in [6.07, 6.45) is 1.99. The van der Waals surface area contributed by atoms with E-state index in [-0.39, 0.29) is 29.9 Å². The van der Waals surface area contributed by atoms with E-state index < -0.39 is 5.41 Å². The summed E-state index contributed by atoms with van der Waals surface area (Å²) in [5.74, 6) is -0.189. The normalized spacial score (nSPS) is 10.8. The fraction of sp³-hybridized carbons (Fsp3) is 0.562. The quantitative estimate of drug-likeness (QED) is 0.769. The maximum atomic E-state index is 13.6. The lowest BCUT2D eigenvalue weighted by molar-refractivity contribution is -0.131. The molecule has 0 heterocycles. The number of nitrogens with one attached hydrogen (secondary N) is 1. The summed E-state index contributed by atoms with van der Waals surface area (Å²) in [7, 11) is 1.43. The standard InChI is InChI=1S/C16H25FN2O2.ClH/c1-4-16(5-2,11-18)15(20)19-9-8-12-6-7-14(21-3)13(17)10-12;/h6-7,10H,4-5,8-9,11,18H2,1-3H3,(H,19,20);1H. The van der Waals surface area contributed by atoms with E-state index in [1.165, 1.54) is 13.2 Å². The van der Waals surface area contributed by atoms with Gasteiger partial charge in [0.1, 0.15) is 0 Å². The minimum absolute atomic E-state index is 0. The number of rotatable bonds is 8. The average molecular weight is 333 g/mol. The van der Waals surface area contributed by atoms with Crippen LogP contribution in [0.5, 0.6) is 5.75 Å². The Labute approximate surface area is 138 Å². The lowest BCUT2D eigenvalue weighted by Crippen LogP contribution is -2.45. The van der Waals surface area contributed by atoms with Gasteiger partial charge >= 0.3 is 0 Å². The van der Waals surface area contributed by atoms with Gasteiger partial charge in [0.2, 0.25) is 5.91 Å². The minimum atomic E-state index is -0.495. The highest BCUT2D eigenvalue weighted by molar-refractivity contribution is 5.85. The van der Waals surface area contributed by atoms with Gasteiger partial charge in [-0.15, -0.1) is 12.4 Å². The van der Waals surface area contributed by atoms with Gasteiger partial charge in [0.25, 0.3) is 0 Å². The van der Waals surface area contributed by atoms with Crippen LogP contribution in [0.15, 0.2) is 18.2 Å². The molecule has 1 rings (SSSR count). The summed E-state index contributed by atoms with van der Waals surface area (Å²) >= 11 is 0. The molecule has 1 aromatic carbocycles. The van der Waals surface area contributed by atoms with Gasteiger partial charge in [0.15, 0.2) is 11.6 Å². The zero-order chi connectivity index (χ0) is 15.9. The Morgan fingerprint density at radius 3 is 2.45 bits per heavy atom. The number of amides is 1. The van der Waals surface area contributed by atoms with E-state index in [0.717, 1.165) is 5.56 Å². The maximum Gasteiger partial charge on any atom is 0.227 e. The third kappa shape index (κ3) is 4.85. The first-order chi connectivity index (χ1) is 10.0. The molecule has 0 aliphatic heterocycles. The van der Waals surface area contributed by atoms with Crippen LogP contribution < -0.4 is 15.8 Å². The molecule has 22 heavy (non-hydrogen) atoms. The van der Waals surface area contributed by atoms with Gasteiger partial charge in [-0.2, -0.15) is 0 Å². The summed E-state index contributed by atoms with van der Waals surface area (Å²) in [6, 6.07) is 4.82. The van der Waals surface area contributed by atoms with E-state index in [2.05, 4.69) is 5.32 Å². The second-order valence-corrected chi connectivity index (χ2v) is 5.17. The SMILES string of the molecule is CCC(CC)(CN)C(=O)NCCc1ccc(OC)c(F)c1.Cl. The topological polar surface area (TPSA) is 64.4 Å². The van der Waals surface area contributed by atoms with Crippen molar-refractivity contribution < 1.29 is 13.9 Å². The van der Waals surface area contributed by atoms with E-state index in [9.17, 15) is 9.18 Å². The molecule has 126 valence electrons. The number of carbonyl (C=O) groups excluding carboxylic acids is 1. The Kier molecular flexibility index (Phi) is 9.06. The van der Waals surface area contributed by atoms with Crippen LogP contribution >= 0.6 is 12.4 Å². The van der Waals surface area contributed by atoms with Crippen LogP contribution in [0, 0.1) is 11.2 Å². The van der Waals surface area contributed by atoms with Gasteiger partial charge in [-0.05, 0) is 37.0 Å². The van der Waals surface area contributed by atoms with Crippen molar-refractivity contribution >= 4 is 18.3 Å². The number of nitrogens with two attached hydrogens (primary N) is 1. The number of methoxy groups -OCH3 is 1. The molecule has 0 aromatic heterocycles. The van der Waals surface area contributed by atoms with Crippen molar-refractivity contribution in [2.45, 2.75) is 33.1 Å². The molecule has 0 bridgehead atoms. The summed E-state index contributed by atoms with van der Waals surface area (Å²) in [5, 5.41) is 2.90. The van der Waals surface area contributed by atoms with E-state index >= 15 is 0 Å². The average Bonchev–Trinajstić information content (AvgIpc) is 2.50. The zero-order valence-corrected chi connectivity index (χ0v) is 14.3. The fourth-order valence-corrected chi connectivity index (χ4v) is 2.33. The van der Waals surface area contributed by atoms with Gasteiger partial charge in [-0.3, -0.25) is 4.79 Å². The minimum Gasteiger partial charge on any atom is -0.494 e. The maximum absolute atomic E-state index is 13.6. The molecule has 0 atom stereocenters. The molecule has 4 nitrogen and oxygen atoms in total. The highest BCUT2D eigenvalue weighted by atomic mass is 35.5. The van der Waals surface area contributed by atoms with Crippen LogP contribution in [-0.2, 0) is 11.2 Å². The van der Waals surface area contributed by atoms with Crippen molar-refractivity contribution in [2.75, 3.05) is 20.2 Å². The molecule has 0 saturated carbocycles. The van der Waals surface area contributed by atoms with Gasteiger partial charge in [-0.25, -0.2) is 4.39 Å². The summed E-state index contributed by atoms with van der Waals surface area (Å²) in [5.41, 5.74) is 6.06. The summed E-state index contributed by atoms with van der Waals surface area (Å²) < 4.78 is 18.4.